The van der Waals surface area contributed by atoms with Crippen LogP contribution in [0.5, 0.6) is 0 Å². The van der Waals surface area contributed by atoms with Crippen molar-refractivity contribution in [1.82, 2.24) is 0 Å². The van der Waals surface area contributed by atoms with Gasteiger partial charge in [0.05, 0.1) is 3.92 Å². The molecule has 0 aromatic heterocycles. The van der Waals surface area contributed by atoms with Crippen LogP contribution in [0.2, 0.25) is 0 Å². The van der Waals surface area contributed by atoms with E-state index in [-0.39, 0.29) is 0 Å². The van der Waals surface area contributed by atoms with Gasteiger partial charge in [-0.25, -0.2) is 8.42 Å². The fourth-order valence-electron chi connectivity index (χ4n) is 1.24. The Kier molecular flexibility index (Phi) is 7.21. The van der Waals surface area contributed by atoms with Crippen molar-refractivity contribution in [3.8, 4) is 0 Å². The van der Waals surface area contributed by atoms with E-state index in [4.69, 9.17) is 0 Å². The van der Waals surface area contributed by atoms with E-state index in [0.29, 0.717) is 0 Å². The Balaban J connectivity index is 5.64. The van der Waals surface area contributed by atoms with Crippen LogP contribution in [0.4, 0.5) is 35.1 Å². The summed E-state index contributed by atoms with van der Waals surface area (Å²) in [7, 11) is -2.69. The molecule has 0 aliphatic rings. The lowest BCUT2D eigenvalue weighted by Crippen LogP contribution is -2.64. The molecule has 4 nitrogen and oxygen atoms in total. The SMILES string of the molecule is CC(=O)OCC(I)CC(F)(F)C(F)(F)C(F)(F)C(F)(F)S(=O)(=O)Cl. The topological polar surface area (TPSA) is 60.4 Å². The van der Waals surface area contributed by atoms with Crippen molar-refractivity contribution in [3.63, 3.8) is 0 Å². The second-order valence-electron chi connectivity index (χ2n) is 4.41. The highest BCUT2D eigenvalue weighted by Crippen LogP contribution is 2.56. The zero-order chi connectivity index (χ0) is 19.8. The molecule has 0 aromatic rings. The van der Waals surface area contributed by atoms with E-state index in [2.05, 4.69) is 15.4 Å². The lowest BCUT2D eigenvalue weighted by atomic mass is 10.0. The van der Waals surface area contributed by atoms with Crippen LogP contribution in [0.15, 0.2) is 0 Å². The summed E-state index contributed by atoms with van der Waals surface area (Å²) < 4.78 is 129. The first-order valence-corrected chi connectivity index (χ1v) is 9.09. The summed E-state index contributed by atoms with van der Waals surface area (Å²) in [5.74, 6) is -20.5. The molecule has 1 atom stereocenters. The molecule has 0 saturated carbocycles. The number of alkyl halides is 9. The van der Waals surface area contributed by atoms with Gasteiger partial charge in [0, 0.05) is 24.0 Å². The van der Waals surface area contributed by atoms with E-state index < -0.39 is 55.0 Å². The Morgan fingerprint density at radius 3 is 1.83 bits per heavy atom. The van der Waals surface area contributed by atoms with Crippen LogP contribution in [0.1, 0.15) is 13.3 Å². The molecule has 15 heteroatoms. The zero-order valence-electron chi connectivity index (χ0n) is 11.3. The summed E-state index contributed by atoms with van der Waals surface area (Å²) in [6, 6.07) is 0. The fraction of sp³-hybridized carbons (Fsp3) is 0.889. The van der Waals surface area contributed by atoms with Crippen molar-refractivity contribution in [1.29, 1.82) is 0 Å². The predicted molar refractivity (Wildman–Crippen MR) is 73.6 cm³/mol. The monoisotopic (exact) mass is 526 g/mol. The summed E-state index contributed by atoms with van der Waals surface area (Å²) in [6.45, 7) is -0.0481. The number of halogens is 10. The zero-order valence-corrected chi connectivity index (χ0v) is 15.0. The van der Waals surface area contributed by atoms with Gasteiger partial charge in [-0.05, 0) is 0 Å². The van der Waals surface area contributed by atoms with Gasteiger partial charge in [-0.3, -0.25) is 4.79 Å². The first kappa shape index (κ1) is 23.9. The molecule has 0 rings (SSSR count). The Labute approximate surface area is 148 Å². The number of carbonyl (C=O) groups excluding carboxylic acids is 1. The number of hydrogen-bond donors (Lipinski definition) is 0. The van der Waals surface area contributed by atoms with Crippen molar-refractivity contribution in [3.05, 3.63) is 0 Å². The van der Waals surface area contributed by atoms with Crippen molar-refractivity contribution < 1.29 is 53.1 Å². The maximum absolute atomic E-state index is 13.4. The summed E-state index contributed by atoms with van der Waals surface area (Å²) >= 11 is 1.04. The number of esters is 1. The van der Waals surface area contributed by atoms with E-state index in [1.165, 1.54) is 0 Å². The molecule has 1 unspecified atom stereocenters. The predicted octanol–water partition coefficient (Wildman–Crippen LogP) is 3.81. The van der Waals surface area contributed by atoms with Gasteiger partial charge in [-0.1, -0.05) is 22.6 Å². The van der Waals surface area contributed by atoms with Crippen LogP contribution in [0, 0.1) is 0 Å². The third-order valence-electron chi connectivity index (χ3n) is 2.47. The average Bonchev–Trinajstić information content (AvgIpc) is 2.33. The molecule has 0 aliphatic heterocycles. The van der Waals surface area contributed by atoms with Gasteiger partial charge in [0.15, 0.2) is 0 Å². The van der Waals surface area contributed by atoms with Gasteiger partial charge < -0.3 is 4.74 Å². The highest BCUT2D eigenvalue weighted by Gasteiger charge is 2.84. The second kappa shape index (κ2) is 7.25. The second-order valence-corrected chi connectivity index (χ2v) is 8.78. The third kappa shape index (κ3) is 4.53. The quantitative estimate of drug-likeness (QED) is 0.159. The molecule has 0 saturated heterocycles. The van der Waals surface area contributed by atoms with Gasteiger partial charge in [0.2, 0.25) is 0 Å². The van der Waals surface area contributed by atoms with Gasteiger partial charge in [-0.2, -0.15) is 35.1 Å². The number of rotatable bonds is 8. The highest BCUT2D eigenvalue weighted by molar-refractivity contribution is 14.1. The third-order valence-corrected chi connectivity index (χ3v) is 4.72. The van der Waals surface area contributed by atoms with Crippen molar-refractivity contribution >= 4 is 48.3 Å². The van der Waals surface area contributed by atoms with Crippen molar-refractivity contribution in [2.75, 3.05) is 6.61 Å². The van der Waals surface area contributed by atoms with Gasteiger partial charge >= 0.3 is 38.0 Å². The van der Waals surface area contributed by atoms with E-state index in [1.807, 2.05) is 0 Å². The molecule has 0 radical (unpaired) electrons. The highest BCUT2D eigenvalue weighted by atomic mass is 127. The summed E-state index contributed by atoms with van der Waals surface area (Å²) in [5.41, 5.74) is 0. The molecule has 0 aromatic carbocycles. The molecular formula is C9H8ClF8IO4S. The summed E-state index contributed by atoms with van der Waals surface area (Å²) in [6.07, 6.45) is -2.11. The van der Waals surface area contributed by atoms with Crippen LogP contribution < -0.4 is 0 Å². The smallest absolute Gasteiger partial charge is 0.427 e. The van der Waals surface area contributed by atoms with Crippen molar-refractivity contribution in [2.24, 2.45) is 0 Å². The largest absolute Gasteiger partial charge is 0.465 e. The lowest BCUT2D eigenvalue weighted by molar-refractivity contribution is -0.348. The Hall–Kier alpha value is -0.120. The van der Waals surface area contributed by atoms with E-state index in [9.17, 15) is 48.3 Å². The molecule has 0 bridgehead atoms. The first-order chi connectivity index (χ1) is 10.3. The molecule has 0 spiro atoms. The number of ether oxygens (including phenoxy) is 1. The standard InChI is InChI=1S/C9H8ClF8IO4S/c1-4(20)23-3-5(19)2-6(11,12)7(13,14)8(15,16)9(17,18)24(10,21)22/h5H,2-3H2,1H3. The van der Waals surface area contributed by atoms with Crippen LogP contribution in [0.3, 0.4) is 0 Å². The minimum atomic E-state index is -7.01. The van der Waals surface area contributed by atoms with E-state index in [0.717, 1.165) is 29.5 Å². The van der Waals surface area contributed by atoms with E-state index >= 15 is 0 Å². The Bertz CT molecular complexity index is 582. The first-order valence-electron chi connectivity index (χ1n) is 5.54. The lowest BCUT2D eigenvalue weighted by Gasteiger charge is -2.36. The van der Waals surface area contributed by atoms with Crippen LogP contribution in [-0.4, -0.2) is 47.9 Å². The molecule has 0 amide bonds. The maximum atomic E-state index is 13.4. The van der Waals surface area contributed by atoms with Gasteiger partial charge in [0.1, 0.15) is 6.61 Å². The molecule has 24 heavy (non-hydrogen) atoms. The molecule has 0 aliphatic carbocycles. The summed E-state index contributed by atoms with van der Waals surface area (Å²) in [4.78, 5) is 10.5. The minimum absolute atomic E-state index is 0.843. The molecule has 144 valence electrons. The summed E-state index contributed by atoms with van der Waals surface area (Å²) in [5, 5.41) is -6.66. The van der Waals surface area contributed by atoms with E-state index in [1.54, 1.807) is 0 Å². The molecule has 0 heterocycles. The van der Waals surface area contributed by atoms with Crippen molar-refractivity contribution in [2.45, 2.75) is 40.3 Å². The van der Waals surface area contributed by atoms with Crippen LogP contribution in [0.25, 0.3) is 0 Å². The Morgan fingerprint density at radius 1 is 1.08 bits per heavy atom. The van der Waals surface area contributed by atoms with Crippen LogP contribution in [-0.2, 0) is 18.6 Å². The van der Waals surface area contributed by atoms with Gasteiger partial charge in [-0.15, -0.1) is 0 Å². The minimum Gasteiger partial charge on any atom is -0.465 e. The fourth-order valence-corrected chi connectivity index (χ4v) is 2.70. The molecular weight excluding hydrogens is 519 g/mol. The average molecular weight is 527 g/mol. The molecule has 0 fully saturated rings. The molecule has 0 N–H and O–H groups in total. The Morgan fingerprint density at radius 2 is 1.50 bits per heavy atom. The van der Waals surface area contributed by atoms with Gasteiger partial charge in [0.25, 0.3) is 0 Å². The normalized spacial score (nSPS) is 16.0. The maximum Gasteiger partial charge on any atom is 0.427 e. The number of hydrogen-bond acceptors (Lipinski definition) is 4. The number of carbonyl (C=O) groups is 1. The van der Waals surface area contributed by atoms with Crippen LogP contribution >= 0.6 is 33.3 Å².